The lowest BCUT2D eigenvalue weighted by Crippen LogP contribution is -2.58. The van der Waals surface area contributed by atoms with Crippen molar-refractivity contribution in [2.45, 2.75) is 89.1 Å². The monoisotopic (exact) mass is 558 g/mol. The van der Waals surface area contributed by atoms with E-state index in [1.54, 1.807) is 13.2 Å². The van der Waals surface area contributed by atoms with E-state index in [0.717, 1.165) is 24.0 Å². The zero-order chi connectivity index (χ0) is 29.0. The van der Waals surface area contributed by atoms with Gasteiger partial charge in [0.25, 0.3) is 0 Å². The van der Waals surface area contributed by atoms with Crippen LogP contribution in [0.3, 0.4) is 0 Å². The highest BCUT2D eigenvalue weighted by Gasteiger charge is 2.69. The Balaban J connectivity index is 1.45. The molecule has 4 bridgehead atoms. The molecule has 10 nitrogen and oxygen atoms in total. The van der Waals surface area contributed by atoms with Crippen LogP contribution < -0.4 is 9.47 Å². The number of hydrogen-bond donors (Lipinski definition) is 2. The Bertz CT molecular complexity index is 1240. The van der Waals surface area contributed by atoms with E-state index in [0.29, 0.717) is 17.9 Å². The predicted molar refractivity (Wildman–Crippen MR) is 140 cm³/mol. The molecule has 0 saturated heterocycles. The molecule has 10 heteroatoms. The molecule has 218 valence electrons. The van der Waals surface area contributed by atoms with Crippen molar-refractivity contribution in [3.63, 3.8) is 0 Å². The van der Waals surface area contributed by atoms with Crippen LogP contribution in [0.4, 0.5) is 0 Å². The first-order valence-corrected chi connectivity index (χ1v) is 14.0. The van der Waals surface area contributed by atoms with E-state index in [2.05, 4.69) is 6.92 Å². The van der Waals surface area contributed by atoms with Gasteiger partial charge in [0.1, 0.15) is 11.9 Å². The number of ether oxygens (including phenoxy) is 5. The molecule has 1 heterocycles. The van der Waals surface area contributed by atoms with Crippen LogP contribution in [0.2, 0.25) is 0 Å². The molecule has 1 saturated carbocycles. The topological polar surface area (TPSA) is 138 Å². The Morgan fingerprint density at radius 2 is 1.93 bits per heavy atom. The van der Waals surface area contributed by atoms with Crippen molar-refractivity contribution in [2.75, 3.05) is 13.7 Å². The summed E-state index contributed by atoms with van der Waals surface area (Å²) in [5, 5.41) is 21.8. The zero-order valence-corrected chi connectivity index (χ0v) is 23.6. The molecule has 0 aromatic heterocycles. The molecule has 1 aromatic rings. The van der Waals surface area contributed by atoms with Gasteiger partial charge in [-0.25, -0.2) is 9.59 Å². The zero-order valence-electron chi connectivity index (χ0n) is 23.6. The fourth-order valence-electron chi connectivity index (χ4n) is 6.88. The van der Waals surface area contributed by atoms with E-state index in [1.807, 2.05) is 26.0 Å². The van der Waals surface area contributed by atoms with Crippen molar-refractivity contribution in [3.05, 3.63) is 35.1 Å². The number of aliphatic hydroxyl groups is 2. The molecule has 4 aliphatic rings. The normalized spacial score (nSPS) is 30.8. The summed E-state index contributed by atoms with van der Waals surface area (Å²) in [5.74, 6) is -1.64. The van der Waals surface area contributed by atoms with Gasteiger partial charge in [0, 0.05) is 5.56 Å². The van der Waals surface area contributed by atoms with Crippen LogP contribution in [0.1, 0.15) is 70.4 Å². The third kappa shape index (κ3) is 4.55. The van der Waals surface area contributed by atoms with Gasteiger partial charge in [-0.05, 0) is 68.1 Å². The number of aliphatic hydroxyl groups excluding tert-OH is 1. The maximum atomic E-state index is 13.3. The van der Waals surface area contributed by atoms with Crippen molar-refractivity contribution in [1.29, 1.82) is 0 Å². The van der Waals surface area contributed by atoms with E-state index in [-0.39, 0.29) is 36.5 Å². The second-order valence-electron chi connectivity index (χ2n) is 12.0. The van der Waals surface area contributed by atoms with Gasteiger partial charge in [0.15, 0.2) is 17.1 Å². The fraction of sp³-hybridized carbons (Fsp3) is 0.633. The third-order valence-corrected chi connectivity index (χ3v) is 8.78. The quantitative estimate of drug-likeness (QED) is 0.344. The Morgan fingerprint density at radius 3 is 2.60 bits per heavy atom. The maximum absolute atomic E-state index is 13.3. The van der Waals surface area contributed by atoms with Gasteiger partial charge in [-0.1, -0.05) is 26.8 Å². The van der Waals surface area contributed by atoms with Crippen LogP contribution in [-0.2, 0) is 35.0 Å². The number of esters is 3. The van der Waals surface area contributed by atoms with Gasteiger partial charge >= 0.3 is 17.9 Å². The maximum Gasteiger partial charge on any atom is 0.348 e. The molecule has 3 unspecified atom stereocenters. The molecular weight excluding hydrogens is 520 g/mol. The summed E-state index contributed by atoms with van der Waals surface area (Å²) in [5.41, 5.74) is -0.236. The summed E-state index contributed by atoms with van der Waals surface area (Å²) >= 11 is 0. The molecule has 7 atom stereocenters. The smallest absolute Gasteiger partial charge is 0.348 e. The van der Waals surface area contributed by atoms with Crippen LogP contribution in [0, 0.1) is 17.8 Å². The van der Waals surface area contributed by atoms with Gasteiger partial charge in [0.05, 0.1) is 31.7 Å². The van der Waals surface area contributed by atoms with E-state index in [4.69, 9.17) is 23.7 Å². The van der Waals surface area contributed by atoms with Crippen molar-refractivity contribution >= 4 is 17.9 Å². The third-order valence-electron chi connectivity index (χ3n) is 8.78. The summed E-state index contributed by atoms with van der Waals surface area (Å²) < 4.78 is 28.5. The van der Waals surface area contributed by atoms with Gasteiger partial charge in [-0.15, -0.1) is 0 Å². The van der Waals surface area contributed by atoms with Crippen molar-refractivity contribution in [3.8, 4) is 11.5 Å². The first-order chi connectivity index (χ1) is 18.9. The molecule has 3 aliphatic carbocycles. The average molecular weight is 559 g/mol. The second-order valence-corrected chi connectivity index (χ2v) is 12.0. The number of benzene rings is 1. The van der Waals surface area contributed by atoms with Gasteiger partial charge in [-0.2, -0.15) is 0 Å². The Morgan fingerprint density at radius 1 is 1.18 bits per heavy atom. The van der Waals surface area contributed by atoms with Crippen LogP contribution in [0.15, 0.2) is 24.0 Å². The minimum absolute atomic E-state index is 0.00307. The Kier molecular flexibility index (Phi) is 7.37. The molecular formula is C30H38O10. The molecule has 5 rings (SSSR count). The molecule has 0 spiro atoms. The summed E-state index contributed by atoms with van der Waals surface area (Å²) in [6.07, 6.45) is 0.267. The highest BCUT2D eigenvalue weighted by Crippen LogP contribution is 2.68. The highest BCUT2D eigenvalue weighted by molar-refractivity contribution is 5.85. The summed E-state index contributed by atoms with van der Waals surface area (Å²) in [7, 11) is 1.56. The standard InChI is InChI=1S/C30H38O10/c1-15(2)14-37-28(34)21(38-27(33)17(4)31)13-23(32)39-22-9-10-29(35)19-12-18-6-7-20(36-5)25-24(18)26(29)30(22,40-25)11-8-16(19)3/h6-7,9,15-17,19,21,26,31,35H,8,10-14H2,1-5H3/t16?,17-,19-,21-,26?,29+,30?/m0/s1. The minimum Gasteiger partial charge on any atom is -0.493 e. The fourth-order valence-corrected chi connectivity index (χ4v) is 6.88. The van der Waals surface area contributed by atoms with Crippen LogP contribution >= 0.6 is 0 Å². The van der Waals surface area contributed by atoms with Crippen molar-refractivity contribution < 1.29 is 48.3 Å². The lowest BCUT2D eigenvalue weighted by Gasteiger charge is -2.51. The largest absolute Gasteiger partial charge is 0.493 e. The lowest BCUT2D eigenvalue weighted by molar-refractivity contribution is -0.176. The Labute approximate surface area is 233 Å². The highest BCUT2D eigenvalue weighted by atomic mass is 16.6. The first-order valence-electron chi connectivity index (χ1n) is 14.0. The van der Waals surface area contributed by atoms with Gasteiger partial charge in [-0.3, -0.25) is 4.79 Å². The van der Waals surface area contributed by atoms with E-state index >= 15 is 0 Å². The van der Waals surface area contributed by atoms with Crippen molar-refractivity contribution in [2.24, 2.45) is 17.8 Å². The van der Waals surface area contributed by atoms with E-state index in [1.165, 1.54) is 6.92 Å². The van der Waals surface area contributed by atoms with Crippen LogP contribution in [0.5, 0.6) is 11.5 Å². The number of rotatable bonds is 9. The molecule has 1 aromatic carbocycles. The molecule has 0 radical (unpaired) electrons. The number of hydrogen-bond acceptors (Lipinski definition) is 10. The lowest BCUT2D eigenvalue weighted by atomic mass is 9.57. The number of methoxy groups -OCH3 is 1. The van der Waals surface area contributed by atoms with E-state index in [9.17, 15) is 24.6 Å². The van der Waals surface area contributed by atoms with Crippen LogP contribution in [0.25, 0.3) is 0 Å². The van der Waals surface area contributed by atoms with Crippen LogP contribution in [-0.4, -0.2) is 65.2 Å². The molecule has 40 heavy (non-hydrogen) atoms. The number of carbonyl (C=O) groups excluding carboxylic acids is 3. The van der Waals surface area contributed by atoms with Gasteiger partial charge in [0.2, 0.25) is 6.10 Å². The molecule has 0 amide bonds. The summed E-state index contributed by atoms with van der Waals surface area (Å²) in [6, 6.07) is 3.89. The molecule has 1 fully saturated rings. The molecule has 2 N–H and O–H groups in total. The van der Waals surface area contributed by atoms with Crippen molar-refractivity contribution in [1.82, 2.24) is 0 Å². The Hall–Kier alpha value is -3.11. The average Bonchev–Trinajstić information content (AvgIpc) is 3.27. The summed E-state index contributed by atoms with van der Waals surface area (Å²) in [4.78, 5) is 38.1. The predicted octanol–water partition coefficient (Wildman–Crippen LogP) is 2.96. The minimum atomic E-state index is -1.59. The SMILES string of the molecule is COc1ccc2c3c1OC14CCC(C)[C@H](C2)[C@](O)(CC=C1OC(=O)C[C@H](OC(=O)[C@H](C)O)C(=O)OCC(C)C)C34. The first kappa shape index (κ1) is 28.4. The van der Waals surface area contributed by atoms with E-state index < -0.39 is 53.7 Å². The molecule has 1 aliphatic heterocycles. The summed E-state index contributed by atoms with van der Waals surface area (Å²) in [6.45, 7) is 7.10. The second kappa shape index (κ2) is 10.4. The number of carbonyl (C=O) groups is 3. The van der Waals surface area contributed by atoms with Gasteiger partial charge < -0.3 is 33.9 Å².